The summed E-state index contributed by atoms with van der Waals surface area (Å²) >= 11 is 0. The van der Waals surface area contributed by atoms with Gasteiger partial charge in [-0.05, 0) is 23.8 Å². The van der Waals surface area contributed by atoms with Crippen molar-refractivity contribution in [3.63, 3.8) is 0 Å². The van der Waals surface area contributed by atoms with E-state index in [1.807, 2.05) is 0 Å². The average molecular weight is 213 g/mol. The third kappa shape index (κ3) is 2.87. The number of allylic oxidation sites excluding steroid dienone is 2. The van der Waals surface area contributed by atoms with E-state index in [0.29, 0.717) is 5.56 Å². The van der Waals surface area contributed by atoms with Crippen LogP contribution in [0.3, 0.4) is 0 Å². The SMILES string of the molecule is C=C/C=C(\N)c1cccc(C(F)(F)F)c1. The highest BCUT2D eigenvalue weighted by atomic mass is 19.4. The second-order valence-electron chi connectivity index (χ2n) is 2.94. The van der Waals surface area contributed by atoms with Crippen LogP contribution in [-0.4, -0.2) is 0 Å². The first-order valence-corrected chi connectivity index (χ1v) is 4.21. The summed E-state index contributed by atoms with van der Waals surface area (Å²) in [7, 11) is 0. The molecule has 1 aromatic rings. The van der Waals surface area contributed by atoms with Gasteiger partial charge in [-0.2, -0.15) is 13.2 Å². The first-order valence-electron chi connectivity index (χ1n) is 4.21. The minimum atomic E-state index is -4.34. The molecule has 0 radical (unpaired) electrons. The normalized spacial score (nSPS) is 12.6. The van der Waals surface area contributed by atoms with Crippen LogP contribution < -0.4 is 5.73 Å². The van der Waals surface area contributed by atoms with E-state index in [1.165, 1.54) is 24.3 Å². The van der Waals surface area contributed by atoms with Crippen LogP contribution >= 0.6 is 0 Å². The molecule has 0 aliphatic rings. The summed E-state index contributed by atoms with van der Waals surface area (Å²) in [6.07, 6.45) is -1.46. The smallest absolute Gasteiger partial charge is 0.398 e. The van der Waals surface area contributed by atoms with Crippen molar-refractivity contribution in [3.05, 3.63) is 54.1 Å². The number of nitrogens with two attached hydrogens (primary N) is 1. The molecule has 0 fully saturated rings. The third-order valence-electron chi connectivity index (χ3n) is 1.82. The van der Waals surface area contributed by atoms with Gasteiger partial charge < -0.3 is 5.73 Å². The molecule has 0 saturated heterocycles. The maximum absolute atomic E-state index is 12.3. The van der Waals surface area contributed by atoms with Crippen LogP contribution in [0.1, 0.15) is 11.1 Å². The van der Waals surface area contributed by atoms with Crippen LogP contribution in [0, 0.1) is 0 Å². The van der Waals surface area contributed by atoms with Crippen LogP contribution in [0.5, 0.6) is 0 Å². The fourth-order valence-corrected chi connectivity index (χ4v) is 1.10. The monoisotopic (exact) mass is 213 g/mol. The zero-order valence-corrected chi connectivity index (χ0v) is 7.88. The van der Waals surface area contributed by atoms with Crippen LogP contribution in [0.25, 0.3) is 5.70 Å². The Labute approximate surface area is 85.7 Å². The Bertz CT molecular complexity index is 391. The van der Waals surface area contributed by atoms with Gasteiger partial charge in [-0.1, -0.05) is 24.8 Å². The zero-order valence-electron chi connectivity index (χ0n) is 7.88. The Balaban J connectivity index is 3.14. The van der Waals surface area contributed by atoms with E-state index in [-0.39, 0.29) is 5.70 Å². The predicted octanol–water partition coefficient (Wildman–Crippen LogP) is 3.19. The number of benzene rings is 1. The molecule has 0 aromatic heterocycles. The van der Waals surface area contributed by atoms with Gasteiger partial charge in [-0.3, -0.25) is 0 Å². The molecule has 0 atom stereocenters. The molecule has 0 heterocycles. The van der Waals surface area contributed by atoms with Gasteiger partial charge in [0.05, 0.1) is 5.56 Å². The Morgan fingerprint density at radius 1 is 1.33 bits per heavy atom. The first kappa shape index (κ1) is 11.4. The predicted molar refractivity (Wildman–Crippen MR) is 53.8 cm³/mol. The number of rotatable bonds is 2. The summed E-state index contributed by atoms with van der Waals surface area (Å²) in [4.78, 5) is 0. The Morgan fingerprint density at radius 2 is 2.00 bits per heavy atom. The summed E-state index contributed by atoms with van der Waals surface area (Å²) in [5, 5.41) is 0. The maximum Gasteiger partial charge on any atom is 0.416 e. The van der Waals surface area contributed by atoms with Crippen molar-refractivity contribution in [3.8, 4) is 0 Å². The van der Waals surface area contributed by atoms with Crippen LogP contribution in [0.15, 0.2) is 43.0 Å². The van der Waals surface area contributed by atoms with Crippen molar-refractivity contribution in [2.24, 2.45) is 5.73 Å². The van der Waals surface area contributed by atoms with Gasteiger partial charge in [0.1, 0.15) is 0 Å². The van der Waals surface area contributed by atoms with E-state index in [4.69, 9.17) is 5.73 Å². The number of hydrogen-bond acceptors (Lipinski definition) is 1. The molecule has 1 nitrogen and oxygen atoms in total. The summed E-state index contributed by atoms with van der Waals surface area (Å²) in [5.41, 5.74) is 5.43. The lowest BCUT2D eigenvalue weighted by Crippen LogP contribution is -2.06. The molecular weight excluding hydrogens is 203 g/mol. The molecule has 0 saturated carbocycles. The lowest BCUT2D eigenvalue weighted by molar-refractivity contribution is -0.137. The highest BCUT2D eigenvalue weighted by Crippen LogP contribution is 2.30. The summed E-state index contributed by atoms with van der Waals surface area (Å²) < 4.78 is 37.0. The molecule has 15 heavy (non-hydrogen) atoms. The summed E-state index contributed by atoms with van der Waals surface area (Å²) in [6, 6.07) is 4.85. The number of hydrogen-bond donors (Lipinski definition) is 1. The van der Waals surface area contributed by atoms with Gasteiger partial charge in [-0.25, -0.2) is 0 Å². The zero-order chi connectivity index (χ0) is 11.5. The van der Waals surface area contributed by atoms with Crippen molar-refractivity contribution >= 4 is 5.70 Å². The Hall–Kier alpha value is -1.71. The highest BCUT2D eigenvalue weighted by molar-refractivity contribution is 5.64. The topological polar surface area (TPSA) is 26.0 Å². The summed E-state index contributed by atoms with van der Waals surface area (Å²) in [5.74, 6) is 0. The Kier molecular flexibility index (Phi) is 3.19. The standard InChI is InChI=1S/C11H10F3N/c1-2-4-10(15)8-5-3-6-9(7-8)11(12,13)14/h2-7H,1,15H2/b10-4-. The van der Waals surface area contributed by atoms with Crippen molar-refractivity contribution in [1.82, 2.24) is 0 Å². The molecule has 0 aliphatic heterocycles. The van der Waals surface area contributed by atoms with Crippen LogP contribution in [-0.2, 0) is 6.18 Å². The van der Waals surface area contributed by atoms with E-state index in [9.17, 15) is 13.2 Å². The van der Waals surface area contributed by atoms with Crippen LogP contribution in [0.2, 0.25) is 0 Å². The maximum atomic E-state index is 12.3. The lowest BCUT2D eigenvalue weighted by Gasteiger charge is -2.08. The average Bonchev–Trinajstić information content (AvgIpc) is 2.17. The number of alkyl halides is 3. The van der Waals surface area contributed by atoms with Gasteiger partial charge in [-0.15, -0.1) is 0 Å². The fourth-order valence-electron chi connectivity index (χ4n) is 1.10. The quantitative estimate of drug-likeness (QED) is 0.750. The van der Waals surface area contributed by atoms with Gasteiger partial charge in [0.25, 0.3) is 0 Å². The molecule has 80 valence electrons. The largest absolute Gasteiger partial charge is 0.416 e. The highest BCUT2D eigenvalue weighted by Gasteiger charge is 2.30. The van der Waals surface area contributed by atoms with E-state index in [2.05, 4.69) is 6.58 Å². The Morgan fingerprint density at radius 3 is 2.53 bits per heavy atom. The molecular formula is C11H10F3N. The molecule has 0 aliphatic carbocycles. The molecule has 0 bridgehead atoms. The number of halogens is 3. The summed E-state index contributed by atoms with van der Waals surface area (Å²) in [6.45, 7) is 3.42. The van der Waals surface area contributed by atoms with Gasteiger partial charge in [0.2, 0.25) is 0 Å². The van der Waals surface area contributed by atoms with E-state index < -0.39 is 11.7 Å². The second-order valence-corrected chi connectivity index (χ2v) is 2.94. The fraction of sp³-hybridized carbons (Fsp3) is 0.0909. The molecule has 0 spiro atoms. The van der Waals surface area contributed by atoms with Crippen molar-refractivity contribution in [1.29, 1.82) is 0 Å². The third-order valence-corrected chi connectivity index (χ3v) is 1.82. The van der Waals surface area contributed by atoms with E-state index >= 15 is 0 Å². The second kappa shape index (κ2) is 4.21. The molecule has 0 amide bonds. The van der Waals surface area contributed by atoms with Gasteiger partial charge in [0.15, 0.2) is 0 Å². The van der Waals surface area contributed by atoms with E-state index in [1.54, 1.807) is 0 Å². The molecule has 4 heteroatoms. The van der Waals surface area contributed by atoms with Crippen molar-refractivity contribution < 1.29 is 13.2 Å². The molecule has 2 N–H and O–H groups in total. The minimum Gasteiger partial charge on any atom is -0.398 e. The molecule has 0 unspecified atom stereocenters. The van der Waals surface area contributed by atoms with Crippen LogP contribution in [0.4, 0.5) is 13.2 Å². The van der Waals surface area contributed by atoms with Crippen molar-refractivity contribution in [2.45, 2.75) is 6.18 Å². The van der Waals surface area contributed by atoms with Gasteiger partial charge in [0, 0.05) is 5.70 Å². The van der Waals surface area contributed by atoms with Gasteiger partial charge >= 0.3 is 6.18 Å². The molecule has 1 rings (SSSR count). The van der Waals surface area contributed by atoms with Crippen molar-refractivity contribution in [2.75, 3.05) is 0 Å². The molecule has 1 aromatic carbocycles. The lowest BCUT2D eigenvalue weighted by atomic mass is 10.1. The minimum absolute atomic E-state index is 0.260. The first-order chi connectivity index (χ1) is 6.95. The van der Waals surface area contributed by atoms with E-state index in [0.717, 1.165) is 12.1 Å².